The third-order valence-electron chi connectivity index (χ3n) is 3.76. The van der Waals surface area contributed by atoms with Crippen LogP contribution in [-0.4, -0.2) is 15.1 Å². The average molecular weight is 328 g/mol. The summed E-state index contributed by atoms with van der Waals surface area (Å²) >= 11 is 0. The molecule has 0 saturated heterocycles. The van der Waals surface area contributed by atoms with E-state index in [1.54, 1.807) is 0 Å². The Morgan fingerprint density at radius 1 is 1.08 bits per heavy atom. The summed E-state index contributed by atoms with van der Waals surface area (Å²) in [6, 6.07) is 5.79. The highest BCUT2D eigenvalue weighted by atomic mass is 16.5. The van der Waals surface area contributed by atoms with Crippen LogP contribution in [0.1, 0.15) is 71.1 Å². The number of anilines is 1. The maximum atomic E-state index is 5.83. The molecule has 0 unspecified atom stereocenters. The lowest BCUT2D eigenvalue weighted by atomic mass is 9.97. The molecular formula is C18H24N4O2. The zero-order valence-electron chi connectivity index (χ0n) is 15.0. The lowest BCUT2D eigenvalue weighted by Gasteiger charge is -2.11. The Morgan fingerprint density at radius 3 is 2.46 bits per heavy atom. The molecule has 2 aromatic heterocycles. The monoisotopic (exact) mass is 328 g/mol. The molecule has 3 rings (SSSR count). The highest BCUT2D eigenvalue weighted by Crippen LogP contribution is 2.28. The van der Waals surface area contributed by atoms with Gasteiger partial charge in [-0.15, -0.1) is 0 Å². The summed E-state index contributed by atoms with van der Waals surface area (Å²) in [6.45, 7) is 12.3. The van der Waals surface area contributed by atoms with Gasteiger partial charge in [-0.05, 0) is 25.1 Å². The summed E-state index contributed by atoms with van der Waals surface area (Å²) < 4.78 is 11.2. The standard InChI is InChI=1S/C18H24N4O2/c1-10(2)15-21-16(24-22-15)11(3)19-12-7-8-14-13(9-12)20-17(23-14)18(4,5)6/h7-11,19H,1-6H3/t11-/m1/s1. The number of nitrogens with one attached hydrogen (secondary N) is 1. The summed E-state index contributed by atoms with van der Waals surface area (Å²) in [6.07, 6.45) is 0. The fourth-order valence-corrected chi connectivity index (χ4v) is 2.31. The zero-order valence-corrected chi connectivity index (χ0v) is 15.0. The van der Waals surface area contributed by atoms with E-state index < -0.39 is 0 Å². The van der Waals surface area contributed by atoms with Crippen LogP contribution in [0.2, 0.25) is 0 Å². The molecule has 0 aliphatic rings. The van der Waals surface area contributed by atoms with Gasteiger partial charge < -0.3 is 14.3 Å². The highest BCUT2D eigenvalue weighted by molar-refractivity contribution is 5.77. The van der Waals surface area contributed by atoms with Crippen molar-refractivity contribution in [2.24, 2.45) is 0 Å². The van der Waals surface area contributed by atoms with E-state index >= 15 is 0 Å². The first-order chi connectivity index (χ1) is 11.2. The summed E-state index contributed by atoms with van der Waals surface area (Å²) in [4.78, 5) is 9.02. The van der Waals surface area contributed by atoms with Gasteiger partial charge in [-0.3, -0.25) is 0 Å². The number of fused-ring (bicyclic) bond motifs is 1. The average Bonchev–Trinajstić information content (AvgIpc) is 3.13. The van der Waals surface area contributed by atoms with Gasteiger partial charge in [-0.25, -0.2) is 4.98 Å². The van der Waals surface area contributed by atoms with Gasteiger partial charge in [0.2, 0.25) is 11.8 Å². The van der Waals surface area contributed by atoms with Crippen molar-refractivity contribution in [3.63, 3.8) is 0 Å². The number of rotatable bonds is 4. The molecule has 0 aliphatic carbocycles. The third kappa shape index (κ3) is 3.27. The molecule has 0 amide bonds. The van der Waals surface area contributed by atoms with E-state index in [-0.39, 0.29) is 17.4 Å². The van der Waals surface area contributed by atoms with Gasteiger partial charge in [0, 0.05) is 17.0 Å². The fraction of sp³-hybridized carbons (Fsp3) is 0.500. The van der Waals surface area contributed by atoms with E-state index in [1.165, 1.54) is 0 Å². The van der Waals surface area contributed by atoms with Crippen molar-refractivity contribution in [1.29, 1.82) is 0 Å². The number of aromatic nitrogens is 3. The van der Waals surface area contributed by atoms with Crippen molar-refractivity contribution < 1.29 is 8.94 Å². The van der Waals surface area contributed by atoms with E-state index in [0.717, 1.165) is 28.5 Å². The first kappa shape index (κ1) is 16.5. The molecule has 1 atom stereocenters. The molecule has 6 nitrogen and oxygen atoms in total. The van der Waals surface area contributed by atoms with E-state index in [0.29, 0.717) is 5.89 Å². The Balaban J connectivity index is 1.81. The topological polar surface area (TPSA) is 77.0 Å². The number of benzene rings is 1. The number of hydrogen-bond acceptors (Lipinski definition) is 6. The highest BCUT2D eigenvalue weighted by Gasteiger charge is 2.21. The smallest absolute Gasteiger partial charge is 0.248 e. The van der Waals surface area contributed by atoms with E-state index in [2.05, 4.69) is 41.2 Å². The van der Waals surface area contributed by atoms with Crippen LogP contribution in [-0.2, 0) is 5.41 Å². The molecule has 0 spiro atoms. The van der Waals surface area contributed by atoms with Crippen molar-refractivity contribution in [3.05, 3.63) is 35.8 Å². The second kappa shape index (κ2) is 5.92. The number of oxazole rings is 1. The van der Waals surface area contributed by atoms with Crippen LogP contribution in [0, 0.1) is 0 Å². The molecule has 24 heavy (non-hydrogen) atoms. The van der Waals surface area contributed by atoms with Crippen LogP contribution in [0.4, 0.5) is 5.69 Å². The molecule has 0 bridgehead atoms. The van der Waals surface area contributed by atoms with Gasteiger partial charge in [0.05, 0.1) is 0 Å². The summed E-state index contributed by atoms with van der Waals surface area (Å²) in [5.41, 5.74) is 2.45. The Bertz CT molecular complexity index is 842. The second-order valence-electron chi connectivity index (χ2n) is 7.46. The quantitative estimate of drug-likeness (QED) is 0.741. The molecule has 128 valence electrons. The summed E-state index contributed by atoms with van der Waals surface area (Å²) in [7, 11) is 0. The molecule has 0 aliphatic heterocycles. The minimum Gasteiger partial charge on any atom is -0.440 e. The van der Waals surface area contributed by atoms with Crippen LogP contribution in [0.5, 0.6) is 0 Å². The number of hydrogen-bond donors (Lipinski definition) is 1. The third-order valence-corrected chi connectivity index (χ3v) is 3.76. The van der Waals surface area contributed by atoms with Gasteiger partial charge in [-0.1, -0.05) is 39.8 Å². The van der Waals surface area contributed by atoms with Crippen molar-refractivity contribution in [3.8, 4) is 0 Å². The first-order valence-electron chi connectivity index (χ1n) is 8.25. The van der Waals surface area contributed by atoms with Crippen LogP contribution in [0.25, 0.3) is 11.1 Å². The Labute approximate surface area is 141 Å². The van der Waals surface area contributed by atoms with Crippen LogP contribution in [0.15, 0.2) is 27.1 Å². The maximum absolute atomic E-state index is 5.83. The van der Waals surface area contributed by atoms with Gasteiger partial charge in [0.15, 0.2) is 11.4 Å². The molecular weight excluding hydrogens is 304 g/mol. The van der Waals surface area contributed by atoms with E-state index in [9.17, 15) is 0 Å². The molecule has 1 N–H and O–H groups in total. The summed E-state index contributed by atoms with van der Waals surface area (Å²) in [5.74, 6) is 2.29. The van der Waals surface area contributed by atoms with Gasteiger partial charge in [-0.2, -0.15) is 4.98 Å². The van der Waals surface area contributed by atoms with Crippen molar-refractivity contribution in [2.45, 2.75) is 58.9 Å². The molecule has 6 heteroatoms. The van der Waals surface area contributed by atoms with Gasteiger partial charge >= 0.3 is 0 Å². The van der Waals surface area contributed by atoms with E-state index in [1.807, 2.05) is 39.0 Å². The lowest BCUT2D eigenvalue weighted by Crippen LogP contribution is -2.11. The number of nitrogens with zero attached hydrogens (tertiary/aromatic N) is 3. The van der Waals surface area contributed by atoms with Crippen molar-refractivity contribution >= 4 is 16.8 Å². The van der Waals surface area contributed by atoms with E-state index in [4.69, 9.17) is 8.94 Å². The van der Waals surface area contributed by atoms with Crippen LogP contribution < -0.4 is 5.32 Å². The predicted octanol–water partition coefficient (Wildman–Crippen LogP) is 4.80. The molecule has 1 aromatic carbocycles. The van der Waals surface area contributed by atoms with Crippen molar-refractivity contribution in [2.75, 3.05) is 5.32 Å². The predicted molar refractivity (Wildman–Crippen MR) is 93.1 cm³/mol. The van der Waals surface area contributed by atoms with Gasteiger partial charge in [0.1, 0.15) is 11.6 Å². The van der Waals surface area contributed by atoms with Crippen LogP contribution >= 0.6 is 0 Å². The Hall–Kier alpha value is -2.37. The summed E-state index contributed by atoms with van der Waals surface area (Å²) in [5, 5.41) is 7.38. The molecule has 0 saturated carbocycles. The minimum absolute atomic E-state index is 0.0866. The second-order valence-corrected chi connectivity index (χ2v) is 7.46. The molecule has 0 fully saturated rings. The molecule has 3 aromatic rings. The Morgan fingerprint density at radius 2 is 1.83 bits per heavy atom. The zero-order chi connectivity index (χ0) is 17.5. The maximum Gasteiger partial charge on any atom is 0.248 e. The lowest BCUT2D eigenvalue weighted by molar-refractivity contribution is 0.361. The molecule has 2 heterocycles. The SMILES string of the molecule is CC(C)c1noc([C@@H](C)Nc2ccc3oc(C(C)(C)C)nc3c2)n1. The fourth-order valence-electron chi connectivity index (χ4n) is 2.31. The van der Waals surface area contributed by atoms with Crippen molar-refractivity contribution in [1.82, 2.24) is 15.1 Å². The Kier molecular flexibility index (Phi) is 4.07. The minimum atomic E-state index is -0.114. The van der Waals surface area contributed by atoms with Crippen LogP contribution in [0.3, 0.4) is 0 Å². The normalized spacial score (nSPS) is 13.6. The molecule has 0 radical (unpaired) electrons. The van der Waals surface area contributed by atoms with Gasteiger partial charge in [0.25, 0.3) is 0 Å². The largest absolute Gasteiger partial charge is 0.440 e. The first-order valence-corrected chi connectivity index (χ1v) is 8.25.